The summed E-state index contributed by atoms with van der Waals surface area (Å²) in [5.41, 5.74) is 6.46. The monoisotopic (exact) mass is 404 g/mol. The number of aryl methyl sites for hydroxylation is 1. The van der Waals surface area contributed by atoms with Crippen LogP contribution in [0.5, 0.6) is 5.75 Å². The Morgan fingerprint density at radius 3 is 2.63 bits per heavy atom. The molecule has 0 radical (unpaired) electrons. The van der Waals surface area contributed by atoms with E-state index in [-0.39, 0.29) is 18.0 Å². The highest BCUT2D eigenvalue weighted by molar-refractivity contribution is 7.16. The number of halogens is 1. The summed E-state index contributed by atoms with van der Waals surface area (Å²) >= 11 is 7.28. The van der Waals surface area contributed by atoms with Crippen molar-refractivity contribution in [3.63, 3.8) is 0 Å². The van der Waals surface area contributed by atoms with Gasteiger partial charge in [0, 0.05) is 16.9 Å². The molecule has 1 aromatic carbocycles. The fourth-order valence-corrected chi connectivity index (χ4v) is 3.41. The summed E-state index contributed by atoms with van der Waals surface area (Å²) in [6, 6.07) is 12.6. The van der Waals surface area contributed by atoms with Gasteiger partial charge < -0.3 is 4.74 Å². The van der Waals surface area contributed by atoms with Crippen LogP contribution in [0.2, 0.25) is 4.34 Å². The van der Waals surface area contributed by atoms with Crippen LogP contribution in [0.4, 0.5) is 0 Å². The molecule has 9 heteroatoms. The van der Waals surface area contributed by atoms with E-state index in [1.807, 2.05) is 30.3 Å². The van der Waals surface area contributed by atoms with E-state index in [2.05, 4.69) is 21.0 Å². The normalized spacial score (nSPS) is 10.4. The molecule has 0 saturated heterocycles. The molecule has 7 nitrogen and oxygen atoms in total. The Labute approximate surface area is 164 Å². The number of thiophene rings is 1. The maximum atomic E-state index is 12.1. The molecule has 0 aliphatic rings. The number of hydrogen-bond donors (Lipinski definition) is 3. The van der Waals surface area contributed by atoms with E-state index >= 15 is 0 Å². The summed E-state index contributed by atoms with van der Waals surface area (Å²) in [5.74, 6) is -0.0303. The van der Waals surface area contributed by atoms with Gasteiger partial charge in [-0.15, -0.1) is 11.3 Å². The number of carbonyl (C=O) groups excluding carboxylic acids is 2. The Bertz CT molecular complexity index is 936. The lowest BCUT2D eigenvalue weighted by Gasteiger charge is -2.05. The van der Waals surface area contributed by atoms with Crippen LogP contribution in [0.3, 0.4) is 0 Å². The number of hydrazine groups is 1. The van der Waals surface area contributed by atoms with E-state index < -0.39 is 5.91 Å². The van der Waals surface area contributed by atoms with E-state index in [0.29, 0.717) is 16.5 Å². The number of rotatable bonds is 6. The number of aromatic amines is 1. The number of ether oxygens (including phenoxy) is 1. The smallest absolute Gasteiger partial charge is 0.287 e. The van der Waals surface area contributed by atoms with Gasteiger partial charge in [0.2, 0.25) is 5.91 Å². The molecule has 0 aliphatic heterocycles. The third-order valence-electron chi connectivity index (χ3n) is 3.75. The Morgan fingerprint density at radius 1 is 1.19 bits per heavy atom. The topological polar surface area (TPSA) is 96.1 Å². The molecule has 0 spiro atoms. The average Bonchev–Trinajstić information content (AvgIpc) is 3.34. The average molecular weight is 405 g/mol. The first-order chi connectivity index (χ1) is 13.0. The summed E-state index contributed by atoms with van der Waals surface area (Å²) in [6.07, 6.45) is 0.808. The summed E-state index contributed by atoms with van der Waals surface area (Å²) < 4.78 is 5.80. The molecule has 3 rings (SSSR count). The van der Waals surface area contributed by atoms with Crippen LogP contribution in [0, 0.1) is 0 Å². The molecule has 0 unspecified atom stereocenters. The zero-order valence-corrected chi connectivity index (χ0v) is 16.0. The van der Waals surface area contributed by atoms with Gasteiger partial charge in [0.25, 0.3) is 5.91 Å². The number of nitrogens with zero attached hydrogens (tertiary/aromatic N) is 1. The van der Waals surface area contributed by atoms with Gasteiger partial charge in [-0.1, -0.05) is 11.6 Å². The molecule has 2 amide bonds. The summed E-state index contributed by atoms with van der Waals surface area (Å²) in [6.45, 7) is 0. The fourth-order valence-electron chi connectivity index (χ4n) is 2.33. The van der Waals surface area contributed by atoms with Crippen molar-refractivity contribution < 1.29 is 14.3 Å². The minimum atomic E-state index is -0.477. The number of nitrogens with one attached hydrogen (secondary N) is 3. The molecule has 0 aliphatic carbocycles. The lowest BCUT2D eigenvalue weighted by Crippen LogP contribution is -2.41. The van der Waals surface area contributed by atoms with Crippen molar-refractivity contribution in [3.8, 4) is 17.0 Å². The van der Waals surface area contributed by atoms with Crippen LogP contribution < -0.4 is 15.6 Å². The van der Waals surface area contributed by atoms with E-state index in [4.69, 9.17) is 16.3 Å². The van der Waals surface area contributed by atoms with Crippen LogP contribution in [0.25, 0.3) is 11.3 Å². The number of amides is 2. The first-order valence-electron chi connectivity index (χ1n) is 8.08. The van der Waals surface area contributed by atoms with E-state index in [9.17, 15) is 9.59 Å². The van der Waals surface area contributed by atoms with Gasteiger partial charge in [-0.3, -0.25) is 25.5 Å². The van der Waals surface area contributed by atoms with Gasteiger partial charge >= 0.3 is 0 Å². The first kappa shape index (κ1) is 18.9. The van der Waals surface area contributed by atoms with E-state index in [0.717, 1.165) is 16.2 Å². The summed E-state index contributed by atoms with van der Waals surface area (Å²) in [5, 5.41) is 6.78. The number of H-pyrrole nitrogens is 1. The van der Waals surface area contributed by atoms with Gasteiger partial charge in [0.05, 0.1) is 17.1 Å². The number of benzene rings is 1. The Hall–Kier alpha value is -2.84. The standard InChI is InChI=1S/C18H17ClN4O3S/c1-26-12-4-2-11(3-5-12)14-10-15(21-20-14)18(25)23-22-17(24)9-7-13-6-8-16(19)27-13/h2-6,8,10H,7,9H2,1H3,(H,20,21)(H,22,24)(H,23,25). The molecule has 0 saturated carbocycles. The SMILES string of the molecule is COc1ccc(-c2cc(C(=O)NNC(=O)CCc3ccc(Cl)s3)[nH]n2)cc1. The van der Waals surface area contributed by atoms with Gasteiger partial charge in [0.1, 0.15) is 11.4 Å². The van der Waals surface area contributed by atoms with Crippen LogP contribution in [-0.4, -0.2) is 29.1 Å². The first-order valence-corrected chi connectivity index (χ1v) is 9.28. The van der Waals surface area contributed by atoms with Crippen molar-refractivity contribution in [2.24, 2.45) is 0 Å². The van der Waals surface area contributed by atoms with Crippen molar-refractivity contribution in [1.29, 1.82) is 0 Å². The Kier molecular flexibility index (Phi) is 6.10. The molecule has 0 fully saturated rings. The Morgan fingerprint density at radius 2 is 1.96 bits per heavy atom. The predicted molar refractivity (Wildman–Crippen MR) is 104 cm³/mol. The molecule has 0 bridgehead atoms. The molecule has 140 valence electrons. The second kappa shape index (κ2) is 8.70. The summed E-state index contributed by atoms with van der Waals surface area (Å²) in [7, 11) is 1.59. The van der Waals surface area contributed by atoms with Crippen molar-refractivity contribution >= 4 is 34.8 Å². The van der Waals surface area contributed by atoms with Crippen molar-refractivity contribution in [3.05, 3.63) is 57.4 Å². The lowest BCUT2D eigenvalue weighted by molar-refractivity contribution is -0.121. The molecular formula is C18H17ClN4O3S. The van der Waals surface area contributed by atoms with E-state index in [1.54, 1.807) is 19.2 Å². The second-order valence-electron chi connectivity index (χ2n) is 5.60. The molecule has 3 N–H and O–H groups in total. The van der Waals surface area contributed by atoms with Gasteiger partial charge in [-0.2, -0.15) is 5.10 Å². The highest BCUT2D eigenvalue weighted by atomic mass is 35.5. The third-order valence-corrected chi connectivity index (χ3v) is 5.04. The van der Waals surface area contributed by atoms with Crippen molar-refractivity contribution in [1.82, 2.24) is 21.0 Å². The van der Waals surface area contributed by atoms with Crippen LogP contribution in [0.1, 0.15) is 21.8 Å². The van der Waals surface area contributed by atoms with Crippen molar-refractivity contribution in [2.75, 3.05) is 7.11 Å². The zero-order chi connectivity index (χ0) is 19.2. The lowest BCUT2D eigenvalue weighted by atomic mass is 10.1. The van der Waals surface area contributed by atoms with Gasteiger partial charge in [-0.25, -0.2) is 0 Å². The maximum Gasteiger partial charge on any atom is 0.287 e. The van der Waals surface area contributed by atoms with E-state index in [1.165, 1.54) is 11.3 Å². The number of aromatic nitrogens is 2. The zero-order valence-electron chi connectivity index (χ0n) is 14.4. The predicted octanol–water partition coefficient (Wildman–Crippen LogP) is 3.19. The third kappa shape index (κ3) is 5.08. The number of methoxy groups -OCH3 is 1. The van der Waals surface area contributed by atoms with Crippen LogP contribution in [0.15, 0.2) is 42.5 Å². The maximum absolute atomic E-state index is 12.1. The molecular weight excluding hydrogens is 388 g/mol. The largest absolute Gasteiger partial charge is 0.497 e. The van der Waals surface area contributed by atoms with Crippen LogP contribution >= 0.6 is 22.9 Å². The molecule has 2 heterocycles. The fraction of sp³-hybridized carbons (Fsp3) is 0.167. The van der Waals surface area contributed by atoms with Gasteiger partial charge in [-0.05, 0) is 48.9 Å². The summed E-state index contributed by atoms with van der Waals surface area (Å²) in [4.78, 5) is 25.0. The number of hydrogen-bond acceptors (Lipinski definition) is 5. The highest BCUT2D eigenvalue weighted by Crippen LogP contribution is 2.22. The molecule has 0 atom stereocenters. The van der Waals surface area contributed by atoms with Crippen molar-refractivity contribution in [2.45, 2.75) is 12.8 Å². The second-order valence-corrected chi connectivity index (χ2v) is 7.40. The van der Waals surface area contributed by atoms with Crippen LogP contribution in [-0.2, 0) is 11.2 Å². The van der Waals surface area contributed by atoms with Gasteiger partial charge in [0.15, 0.2) is 0 Å². The number of carbonyl (C=O) groups is 2. The molecule has 27 heavy (non-hydrogen) atoms. The molecule has 3 aromatic rings. The minimum absolute atomic E-state index is 0.242. The molecule has 2 aromatic heterocycles. The quantitative estimate of drug-likeness (QED) is 0.550. The Balaban J connectivity index is 1.50. The highest BCUT2D eigenvalue weighted by Gasteiger charge is 2.12. The minimum Gasteiger partial charge on any atom is -0.497 e.